The van der Waals surface area contributed by atoms with Gasteiger partial charge in [0, 0.05) is 28.4 Å². The maximum atomic E-state index is 6.56. The molecule has 2 nitrogen and oxygen atoms in total. The molecule has 2 unspecified atom stereocenters. The number of nitrogens with zero attached hydrogens (tertiary/aromatic N) is 1. The van der Waals surface area contributed by atoms with Gasteiger partial charge in [0.25, 0.3) is 0 Å². The van der Waals surface area contributed by atoms with E-state index in [9.17, 15) is 0 Å². The smallest absolute Gasteiger partial charge is 0.128 e. The van der Waals surface area contributed by atoms with Crippen LogP contribution in [0.1, 0.15) is 17.0 Å². The van der Waals surface area contributed by atoms with Crippen LogP contribution < -0.4 is 9.64 Å². The Morgan fingerprint density at radius 1 is 0.387 bits per heavy atom. The van der Waals surface area contributed by atoms with E-state index in [2.05, 4.69) is 242 Å². The molecule has 0 saturated carbocycles. The average molecular weight is 792 g/mol. The molecular formula is C60H41NO. The molecule has 0 N–H and O–H groups in total. The summed E-state index contributed by atoms with van der Waals surface area (Å²) in [5.41, 5.74) is 14.1. The van der Waals surface area contributed by atoms with E-state index in [1.54, 1.807) is 0 Å². The maximum absolute atomic E-state index is 6.56. The lowest BCUT2D eigenvalue weighted by atomic mass is 9.85. The van der Waals surface area contributed by atoms with Gasteiger partial charge in [0.1, 0.15) is 11.9 Å². The second-order valence-electron chi connectivity index (χ2n) is 16.4. The maximum Gasteiger partial charge on any atom is 0.128 e. The van der Waals surface area contributed by atoms with E-state index < -0.39 is 0 Å². The van der Waals surface area contributed by atoms with Crippen LogP contribution in [0.2, 0.25) is 0 Å². The Labute approximate surface area is 361 Å². The Balaban J connectivity index is 0.979. The quantitative estimate of drug-likeness (QED) is 0.149. The lowest BCUT2D eigenvalue weighted by Crippen LogP contribution is -2.18. The minimum absolute atomic E-state index is 0.0270. The van der Waals surface area contributed by atoms with Crippen LogP contribution >= 0.6 is 0 Å². The number of allylic oxidation sites excluding steroid dienone is 2. The number of fused-ring (bicyclic) bond motifs is 7. The molecule has 0 spiro atoms. The second-order valence-corrected chi connectivity index (χ2v) is 16.4. The van der Waals surface area contributed by atoms with E-state index in [1.807, 2.05) is 0 Å². The highest BCUT2D eigenvalue weighted by molar-refractivity contribution is 6.09. The third-order valence-electron chi connectivity index (χ3n) is 12.8. The van der Waals surface area contributed by atoms with Crippen molar-refractivity contribution in [1.29, 1.82) is 0 Å². The third kappa shape index (κ3) is 6.28. The van der Waals surface area contributed by atoms with Crippen molar-refractivity contribution in [2.45, 2.75) is 12.0 Å². The van der Waals surface area contributed by atoms with E-state index in [0.717, 1.165) is 22.8 Å². The van der Waals surface area contributed by atoms with Crippen LogP contribution in [0.4, 0.5) is 17.1 Å². The van der Waals surface area contributed by atoms with Crippen molar-refractivity contribution in [3.8, 4) is 39.1 Å². The molecule has 12 rings (SSSR count). The Morgan fingerprint density at radius 2 is 1.02 bits per heavy atom. The van der Waals surface area contributed by atoms with Crippen LogP contribution in [-0.4, -0.2) is 6.10 Å². The highest BCUT2D eigenvalue weighted by Crippen LogP contribution is 2.48. The fraction of sp³-hybridized carbons (Fsp3) is 0.0333. The van der Waals surface area contributed by atoms with Crippen molar-refractivity contribution in [3.63, 3.8) is 0 Å². The fourth-order valence-corrected chi connectivity index (χ4v) is 9.70. The number of ether oxygens (including phenoxy) is 1. The van der Waals surface area contributed by atoms with Crippen LogP contribution in [0, 0.1) is 0 Å². The van der Waals surface area contributed by atoms with E-state index in [0.29, 0.717) is 0 Å². The van der Waals surface area contributed by atoms with Gasteiger partial charge < -0.3 is 9.64 Å². The average Bonchev–Trinajstić information content (AvgIpc) is 3.70. The monoisotopic (exact) mass is 791 g/mol. The van der Waals surface area contributed by atoms with Gasteiger partial charge in [0.2, 0.25) is 0 Å². The number of benzene rings is 10. The van der Waals surface area contributed by atoms with Gasteiger partial charge in [-0.3, -0.25) is 0 Å². The standard InChI is InChI=1S/C60H41NO/c1-3-13-41(14-4-1)52-32-27-46(36-55(52)42-15-5-2-6-16-42)40-25-29-49(30-26-40)61(50-31-33-53-47(35-50)24-23-43-17-9-10-20-51(43)53)58-22-12-11-21-54(58)48-28-34-59-56(38-48)57-37-44-18-7-8-19-45(44)39-60(57)62-59/h1-39,56,59H. The number of anilines is 3. The van der Waals surface area contributed by atoms with Gasteiger partial charge in [-0.05, 0) is 126 Å². The summed E-state index contributed by atoms with van der Waals surface area (Å²) in [7, 11) is 0. The largest absolute Gasteiger partial charge is 0.485 e. The van der Waals surface area contributed by atoms with Gasteiger partial charge in [-0.15, -0.1) is 0 Å². The van der Waals surface area contributed by atoms with Crippen molar-refractivity contribution in [2.24, 2.45) is 0 Å². The van der Waals surface area contributed by atoms with E-state index in [4.69, 9.17) is 4.74 Å². The minimum atomic E-state index is -0.0270. The molecule has 0 radical (unpaired) electrons. The number of para-hydroxylation sites is 1. The van der Waals surface area contributed by atoms with E-state index in [1.165, 1.54) is 82.4 Å². The predicted molar refractivity (Wildman–Crippen MR) is 261 cm³/mol. The molecule has 0 saturated heterocycles. The Bertz CT molecular complexity index is 3380. The highest BCUT2D eigenvalue weighted by atomic mass is 16.5. The summed E-state index contributed by atoms with van der Waals surface area (Å²) < 4.78 is 6.56. The van der Waals surface area contributed by atoms with Gasteiger partial charge in [0.05, 0.1) is 5.69 Å². The molecule has 10 aromatic carbocycles. The van der Waals surface area contributed by atoms with Crippen molar-refractivity contribution in [2.75, 3.05) is 4.90 Å². The predicted octanol–water partition coefficient (Wildman–Crippen LogP) is 16.1. The molecule has 2 aliphatic rings. The van der Waals surface area contributed by atoms with Gasteiger partial charge in [0.15, 0.2) is 0 Å². The zero-order valence-electron chi connectivity index (χ0n) is 34.0. The molecular weight excluding hydrogens is 751 g/mol. The summed E-state index contributed by atoms with van der Waals surface area (Å²) >= 11 is 0. The van der Waals surface area contributed by atoms with E-state index in [-0.39, 0.29) is 12.0 Å². The Morgan fingerprint density at radius 3 is 1.82 bits per heavy atom. The zero-order valence-corrected chi connectivity index (χ0v) is 34.0. The van der Waals surface area contributed by atoms with Gasteiger partial charge in [-0.1, -0.05) is 182 Å². The molecule has 62 heavy (non-hydrogen) atoms. The molecule has 2 atom stereocenters. The molecule has 0 bridgehead atoms. The van der Waals surface area contributed by atoms with Crippen molar-refractivity contribution >= 4 is 55.0 Å². The summed E-state index contributed by atoms with van der Waals surface area (Å²) in [5.74, 6) is 1.10. The van der Waals surface area contributed by atoms with Crippen molar-refractivity contribution < 1.29 is 4.74 Å². The van der Waals surface area contributed by atoms with Crippen molar-refractivity contribution in [1.82, 2.24) is 0 Å². The normalized spacial score (nSPS) is 15.3. The van der Waals surface area contributed by atoms with E-state index >= 15 is 0 Å². The zero-order chi connectivity index (χ0) is 41.0. The third-order valence-corrected chi connectivity index (χ3v) is 12.8. The summed E-state index contributed by atoms with van der Waals surface area (Å²) in [5, 5.41) is 7.41. The van der Waals surface area contributed by atoms with Crippen LogP contribution in [-0.2, 0) is 0 Å². The molecule has 10 aromatic rings. The molecule has 1 aliphatic heterocycles. The number of hydrogen-bond donors (Lipinski definition) is 0. The molecule has 0 amide bonds. The van der Waals surface area contributed by atoms with Gasteiger partial charge >= 0.3 is 0 Å². The Hall–Kier alpha value is -7.94. The lowest BCUT2D eigenvalue weighted by Gasteiger charge is -2.29. The van der Waals surface area contributed by atoms with Crippen molar-refractivity contribution in [3.05, 3.63) is 248 Å². The lowest BCUT2D eigenvalue weighted by molar-refractivity contribution is 0.269. The first-order valence-corrected chi connectivity index (χ1v) is 21.5. The van der Waals surface area contributed by atoms with Gasteiger partial charge in [-0.25, -0.2) is 0 Å². The fourth-order valence-electron chi connectivity index (χ4n) is 9.70. The summed E-state index contributed by atoms with van der Waals surface area (Å²) in [6.45, 7) is 0. The Kier molecular flexibility index (Phi) is 8.67. The topological polar surface area (TPSA) is 12.5 Å². The van der Waals surface area contributed by atoms with Crippen LogP contribution in [0.5, 0.6) is 5.75 Å². The number of rotatable bonds is 7. The van der Waals surface area contributed by atoms with Crippen LogP contribution in [0.3, 0.4) is 0 Å². The second kappa shape index (κ2) is 15.0. The number of hydrogen-bond acceptors (Lipinski definition) is 2. The molecule has 2 heteroatoms. The van der Waals surface area contributed by atoms with Crippen LogP contribution in [0.25, 0.3) is 71.3 Å². The molecule has 0 aromatic heterocycles. The first-order chi connectivity index (χ1) is 30.7. The highest BCUT2D eigenvalue weighted by Gasteiger charge is 2.34. The van der Waals surface area contributed by atoms with Gasteiger partial charge in [-0.2, -0.15) is 0 Å². The summed E-state index contributed by atoms with van der Waals surface area (Å²) in [6, 6.07) is 79.3. The molecule has 1 aliphatic carbocycles. The SMILES string of the molecule is C1=CC2Oc3cc4ccccc4cc3C2C=C1c1ccccc1N(c1ccc(-c2ccc(-c3ccccc3)c(-c3ccccc3)c2)cc1)c1ccc2c(ccc3ccccc32)c1. The molecule has 1 heterocycles. The first kappa shape index (κ1) is 36.0. The molecule has 292 valence electrons. The summed E-state index contributed by atoms with van der Waals surface area (Å²) in [6.07, 6.45) is 6.89. The summed E-state index contributed by atoms with van der Waals surface area (Å²) in [4.78, 5) is 2.43. The first-order valence-electron chi connectivity index (χ1n) is 21.5. The minimum Gasteiger partial charge on any atom is -0.485 e. The van der Waals surface area contributed by atoms with Crippen LogP contribution in [0.15, 0.2) is 237 Å². The molecule has 0 fully saturated rings.